The number of aromatic nitrogens is 2. The van der Waals surface area contributed by atoms with Gasteiger partial charge in [0.1, 0.15) is 0 Å². The Bertz CT molecular complexity index is 514. The Labute approximate surface area is 100 Å². The van der Waals surface area contributed by atoms with E-state index in [1.807, 2.05) is 32.0 Å². The molecule has 2 rings (SSSR count). The molecule has 1 aromatic carbocycles. The van der Waals surface area contributed by atoms with Crippen LogP contribution in [0.5, 0.6) is 0 Å². The van der Waals surface area contributed by atoms with Crippen molar-refractivity contribution in [1.82, 2.24) is 10.2 Å². The second-order valence-corrected chi connectivity index (χ2v) is 4.17. The van der Waals surface area contributed by atoms with Crippen molar-refractivity contribution in [2.45, 2.75) is 26.7 Å². The third-order valence-electron chi connectivity index (χ3n) is 3.07. The van der Waals surface area contributed by atoms with Crippen LogP contribution in [0.4, 0.5) is 5.69 Å². The molecular weight excluding hydrogens is 214 g/mol. The first-order chi connectivity index (χ1) is 8.24. The molecule has 0 atom stereocenters. The lowest BCUT2D eigenvalue weighted by Gasteiger charge is -2.12. The molecule has 0 fully saturated rings. The fourth-order valence-electron chi connectivity index (χ4n) is 1.92. The number of nitrogens with zero attached hydrogens (tertiary/aromatic N) is 1. The van der Waals surface area contributed by atoms with Crippen LogP contribution in [-0.2, 0) is 4.79 Å². The number of hydrogen-bond donors (Lipinski definition) is 2. The van der Waals surface area contributed by atoms with Crippen molar-refractivity contribution in [3.8, 4) is 0 Å². The maximum Gasteiger partial charge on any atom is 0.227 e. The number of hydrogen-bond acceptors (Lipinski definition) is 2. The average Bonchev–Trinajstić information content (AvgIpc) is 2.77. The summed E-state index contributed by atoms with van der Waals surface area (Å²) in [6.45, 7) is 4.07. The molecule has 2 aromatic rings. The number of rotatable bonds is 4. The van der Waals surface area contributed by atoms with Crippen LogP contribution < -0.4 is 5.32 Å². The van der Waals surface area contributed by atoms with Gasteiger partial charge in [-0.3, -0.25) is 9.89 Å². The third-order valence-corrected chi connectivity index (χ3v) is 3.07. The normalized spacial score (nSPS) is 11.0. The largest absolute Gasteiger partial charge is 0.326 e. The summed E-state index contributed by atoms with van der Waals surface area (Å²) in [4.78, 5) is 11.9. The van der Waals surface area contributed by atoms with E-state index < -0.39 is 0 Å². The number of benzene rings is 1. The van der Waals surface area contributed by atoms with Crippen LogP contribution in [0.15, 0.2) is 24.4 Å². The molecule has 1 aromatic heterocycles. The maximum atomic E-state index is 11.9. The minimum absolute atomic E-state index is 0.0902. The van der Waals surface area contributed by atoms with Crippen LogP contribution in [0.2, 0.25) is 0 Å². The van der Waals surface area contributed by atoms with Gasteiger partial charge in [-0.2, -0.15) is 5.10 Å². The van der Waals surface area contributed by atoms with E-state index >= 15 is 0 Å². The molecule has 0 radical (unpaired) electrons. The Morgan fingerprint density at radius 3 is 2.88 bits per heavy atom. The van der Waals surface area contributed by atoms with Gasteiger partial charge in [0.05, 0.1) is 11.7 Å². The highest BCUT2D eigenvalue weighted by atomic mass is 16.1. The molecule has 0 bridgehead atoms. The molecule has 0 unspecified atom stereocenters. The van der Waals surface area contributed by atoms with Crippen molar-refractivity contribution in [2.75, 3.05) is 5.32 Å². The van der Waals surface area contributed by atoms with Gasteiger partial charge in [-0.05, 0) is 31.0 Å². The molecule has 90 valence electrons. The molecular formula is C13H17N3O. The van der Waals surface area contributed by atoms with Crippen LogP contribution in [0.3, 0.4) is 0 Å². The van der Waals surface area contributed by atoms with Gasteiger partial charge in [-0.25, -0.2) is 0 Å². The van der Waals surface area contributed by atoms with Crippen LogP contribution >= 0.6 is 0 Å². The van der Waals surface area contributed by atoms with E-state index in [9.17, 15) is 4.79 Å². The first-order valence-electron chi connectivity index (χ1n) is 5.98. The van der Waals surface area contributed by atoms with Gasteiger partial charge >= 0.3 is 0 Å². The van der Waals surface area contributed by atoms with E-state index in [1.54, 1.807) is 6.20 Å². The van der Waals surface area contributed by atoms with Crippen LogP contribution in [0.1, 0.15) is 26.7 Å². The van der Waals surface area contributed by atoms with Crippen molar-refractivity contribution in [2.24, 2.45) is 5.92 Å². The van der Waals surface area contributed by atoms with E-state index in [-0.39, 0.29) is 11.8 Å². The average molecular weight is 231 g/mol. The molecule has 4 nitrogen and oxygen atoms in total. The van der Waals surface area contributed by atoms with Gasteiger partial charge in [0, 0.05) is 17.0 Å². The van der Waals surface area contributed by atoms with Gasteiger partial charge in [0.2, 0.25) is 5.91 Å². The summed E-state index contributed by atoms with van der Waals surface area (Å²) >= 11 is 0. The fourth-order valence-corrected chi connectivity index (χ4v) is 1.92. The molecule has 0 aliphatic carbocycles. The summed E-state index contributed by atoms with van der Waals surface area (Å²) in [6.07, 6.45) is 3.51. The standard InChI is InChI=1S/C13H17N3O/c1-3-9(4-2)13(17)15-11-6-5-10-8-14-16-12(10)7-11/h5-9H,3-4H2,1-2H3,(H,14,16)(H,15,17). The predicted octanol–water partition coefficient (Wildman–Crippen LogP) is 2.94. The zero-order valence-corrected chi connectivity index (χ0v) is 10.2. The number of nitrogens with one attached hydrogen (secondary N) is 2. The zero-order valence-electron chi connectivity index (χ0n) is 10.2. The summed E-state index contributed by atoms with van der Waals surface area (Å²) in [5.41, 5.74) is 1.76. The Hall–Kier alpha value is -1.84. The van der Waals surface area contributed by atoms with Gasteiger partial charge in [-0.1, -0.05) is 13.8 Å². The highest BCUT2D eigenvalue weighted by Gasteiger charge is 2.14. The van der Waals surface area contributed by atoms with Gasteiger partial charge in [0.15, 0.2) is 0 Å². The second-order valence-electron chi connectivity index (χ2n) is 4.17. The summed E-state index contributed by atoms with van der Waals surface area (Å²) in [5.74, 6) is 0.182. The summed E-state index contributed by atoms with van der Waals surface area (Å²) < 4.78 is 0. The van der Waals surface area contributed by atoms with E-state index in [1.165, 1.54) is 0 Å². The molecule has 0 aliphatic rings. The SMILES string of the molecule is CCC(CC)C(=O)Nc1ccc2cn[nH]c2c1. The number of fused-ring (bicyclic) bond motifs is 1. The Balaban J connectivity index is 2.14. The highest BCUT2D eigenvalue weighted by molar-refractivity contribution is 5.94. The quantitative estimate of drug-likeness (QED) is 0.850. The molecule has 1 heterocycles. The Morgan fingerprint density at radius 2 is 2.18 bits per heavy atom. The van der Waals surface area contributed by atoms with E-state index in [0.29, 0.717) is 0 Å². The molecule has 4 heteroatoms. The number of amides is 1. The van der Waals surface area contributed by atoms with Gasteiger partial charge in [0.25, 0.3) is 0 Å². The van der Waals surface area contributed by atoms with Crippen molar-refractivity contribution >= 4 is 22.5 Å². The summed E-state index contributed by atoms with van der Waals surface area (Å²) in [6, 6.07) is 5.75. The second kappa shape index (κ2) is 4.99. The van der Waals surface area contributed by atoms with E-state index in [4.69, 9.17) is 0 Å². The van der Waals surface area contributed by atoms with E-state index in [0.717, 1.165) is 29.4 Å². The number of anilines is 1. The topological polar surface area (TPSA) is 57.8 Å². The zero-order chi connectivity index (χ0) is 12.3. The Morgan fingerprint density at radius 1 is 1.41 bits per heavy atom. The lowest BCUT2D eigenvalue weighted by Crippen LogP contribution is -2.21. The van der Waals surface area contributed by atoms with Gasteiger partial charge in [-0.15, -0.1) is 0 Å². The first kappa shape index (κ1) is 11.6. The number of carbonyl (C=O) groups is 1. The number of H-pyrrole nitrogens is 1. The van der Waals surface area contributed by atoms with Crippen LogP contribution in [-0.4, -0.2) is 16.1 Å². The van der Waals surface area contributed by atoms with Crippen LogP contribution in [0, 0.1) is 5.92 Å². The highest BCUT2D eigenvalue weighted by Crippen LogP contribution is 2.18. The number of carbonyl (C=O) groups excluding carboxylic acids is 1. The van der Waals surface area contributed by atoms with Crippen molar-refractivity contribution < 1.29 is 4.79 Å². The molecule has 17 heavy (non-hydrogen) atoms. The third kappa shape index (κ3) is 2.46. The molecule has 0 saturated heterocycles. The predicted molar refractivity (Wildman–Crippen MR) is 68.8 cm³/mol. The molecule has 2 N–H and O–H groups in total. The van der Waals surface area contributed by atoms with Crippen molar-refractivity contribution in [3.05, 3.63) is 24.4 Å². The molecule has 0 saturated carbocycles. The monoisotopic (exact) mass is 231 g/mol. The fraction of sp³-hybridized carbons (Fsp3) is 0.385. The lowest BCUT2D eigenvalue weighted by atomic mass is 10.0. The van der Waals surface area contributed by atoms with E-state index in [2.05, 4.69) is 15.5 Å². The summed E-state index contributed by atoms with van der Waals surface area (Å²) in [5, 5.41) is 10.8. The smallest absolute Gasteiger partial charge is 0.227 e. The Kier molecular flexibility index (Phi) is 3.42. The lowest BCUT2D eigenvalue weighted by molar-refractivity contribution is -0.120. The summed E-state index contributed by atoms with van der Waals surface area (Å²) in [7, 11) is 0. The molecule has 1 amide bonds. The number of aromatic amines is 1. The van der Waals surface area contributed by atoms with Crippen LogP contribution in [0.25, 0.3) is 10.9 Å². The van der Waals surface area contributed by atoms with Crippen molar-refractivity contribution in [1.29, 1.82) is 0 Å². The van der Waals surface area contributed by atoms with Gasteiger partial charge < -0.3 is 5.32 Å². The minimum atomic E-state index is 0.0902. The van der Waals surface area contributed by atoms with Crippen molar-refractivity contribution in [3.63, 3.8) is 0 Å². The molecule has 0 aliphatic heterocycles. The maximum absolute atomic E-state index is 11.9. The minimum Gasteiger partial charge on any atom is -0.326 e. The molecule has 0 spiro atoms. The first-order valence-corrected chi connectivity index (χ1v) is 5.98.